The number of aliphatic hydroxyl groups excluding tert-OH is 1. The molecule has 2 unspecified atom stereocenters. The van der Waals surface area contributed by atoms with Gasteiger partial charge in [0.15, 0.2) is 0 Å². The first-order chi connectivity index (χ1) is 10.3. The van der Waals surface area contributed by atoms with Gasteiger partial charge in [0.25, 0.3) is 0 Å². The number of piperidine rings is 1. The summed E-state index contributed by atoms with van der Waals surface area (Å²) in [6.45, 7) is 2.40. The molecule has 0 amide bonds. The molecule has 1 spiro atoms. The zero-order chi connectivity index (χ0) is 14.3. The topological polar surface area (TPSA) is 23.5 Å². The molecule has 0 radical (unpaired) electrons. The van der Waals surface area contributed by atoms with Crippen LogP contribution in [0.25, 0.3) is 0 Å². The Kier molecular flexibility index (Phi) is 3.55. The smallest absolute Gasteiger partial charge is 0.0947 e. The Labute approximate surface area is 128 Å². The number of nitrogens with zero attached hydrogens (tertiary/aromatic N) is 1. The van der Waals surface area contributed by atoms with Crippen molar-refractivity contribution in [3.8, 4) is 0 Å². The molecule has 1 saturated carbocycles. The predicted octanol–water partition coefficient (Wildman–Crippen LogP) is 3.69. The van der Waals surface area contributed by atoms with E-state index in [0.717, 1.165) is 12.8 Å². The number of aryl methyl sites for hydroxylation is 1. The highest BCUT2D eigenvalue weighted by atomic mass is 16.3. The van der Waals surface area contributed by atoms with E-state index in [1.54, 1.807) is 0 Å². The summed E-state index contributed by atoms with van der Waals surface area (Å²) in [6, 6.07) is 8.80. The highest BCUT2D eigenvalue weighted by Crippen LogP contribution is 2.47. The fourth-order valence-corrected chi connectivity index (χ4v) is 5.06. The minimum Gasteiger partial charge on any atom is -0.387 e. The van der Waals surface area contributed by atoms with E-state index in [2.05, 4.69) is 29.2 Å². The fourth-order valence-electron chi connectivity index (χ4n) is 5.06. The van der Waals surface area contributed by atoms with Crippen molar-refractivity contribution >= 4 is 0 Å². The Balaban J connectivity index is 1.46. The van der Waals surface area contributed by atoms with Crippen LogP contribution in [-0.4, -0.2) is 29.1 Å². The Hall–Kier alpha value is -0.860. The highest BCUT2D eigenvalue weighted by Gasteiger charge is 2.40. The lowest BCUT2D eigenvalue weighted by atomic mass is 9.75. The summed E-state index contributed by atoms with van der Waals surface area (Å²) >= 11 is 0. The summed E-state index contributed by atoms with van der Waals surface area (Å²) in [5.41, 5.74) is 3.20. The molecule has 21 heavy (non-hydrogen) atoms. The lowest BCUT2D eigenvalue weighted by Gasteiger charge is -2.45. The van der Waals surface area contributed by atoms with Gasteiger partial charge in [-0.3, -0.25) is 4.90 Å². The summed E-state index contributed by atoms with van der Waals surface area (Å²) in [5, 5.41) is 10.8. The molecule has 1 aromatic rings. The molecule has 2 heteroatoms. The number of likely N-dealkylation sites (tertiary alicyclic amines) is 1. The second kappa shape index (κ2) is 5.40. The van der Waals surface area contributed by atoms with Crippen LogP contribution in [0, 0.1) is 5.41 Å². The maximum Gasteiger partial charge on any atom is 0.0947 e. The van der Waals surface area contributed by atoms with E-state index in [1.165, 1.54) is 62.7 Å². The van der Waals surface area contributed by atoms with Gasteiger partial charge in [-0.2, -0.15) is 0 Å². The van der Waals surface area contributed by atoms with Crippen molar-refractivity contribution in [2.45, 2.75) is 63.5 Å². The Morgan fingerprint density at radius 2 is 1.71 bits per heavy atom. The SMILES string of the molecule is OC1c2ccccc2CCC1N1CCC2(CCCC2)CC1. The van der Waals surface area contributed by atoms with Crippen LogP contribution in [-0.2, 0) is 6.42 Å². The first-order valence-corrected chi connectivity index (χ1v) is 8.77. The molecular formula is C19H27NO. The van der Waals surface area contributed by atoms with Crippen molar-refractivity contribution in [2.75, 3.05) is 13.1 Å². The van der Waals surface area contributed by atoms with Crippen LogP contribution in [0.15, 0.2) is 24.3 Å². The Bertz CT molecular complexity index is 496. The molecule has 0 bridgehead atoms. The third-order valence-electron chi connectivity index (χ3n) is 6.44. The lowest BCUT2D eigenvalue weighted by molar-refractivity contribution is -0.000316. The third-order valence-corrected chi connectivity index (χ3v) is 6.44. The number of fused-ring (bicyclic) bond motifs is 1. The largest absolute Gasteiger partial charge is 0.387 e. The average molecular weight is 285 g/mol. The lowest BCUT2D eigenvalue weighted by Crippen LogP contribution is -2.48. The molecule has 1 N–H and O–H groups in total. The van der Waals surface area contributed by atoms with Crippen LogP contribution in [0.4, 0.5) is 0 Å². The minimum atomic E-state index is -0.285. The second-order valence-corrected chi connectivity index (χ2v) is 7.49. The van der Waals surface area contributed by atoms with Gasteiger partial charge in [0.1, 0.15) is 0 Å². The molecule has 1 heterocycles. The van der Waals surface area contributed by atoms with Crippen molar-refractivity contribution in [3.05, 3.63) is 35.4 Å². The molecule has 4 rings (SSSR count). The van der Waals surface area contributed by atoms with Crippen molar-refractivity contribution in [1.82, 2.24) is 4.90 Å². The maximum atomic E-state index is 10.8. The third kappa shape index (κ3) is 2.43. The summed E-state index contributed by atoms with van der Waals surface area (Å²) in [5.74, 6) is 0. The van der Waals surface area contributed by atoms with Crippen molar-refractivity contribution in [2.24, 2.45) is 5.41 Å². The average Bonchev–Trinajstić information content (AvgIpc) is 2.98. The molecular weight excluding hydrogens is 258 g/mol. The molecule has 2 fully saturated rings. The summed E-state index contributed by atoms with van der Waals surface area (Å²) in [4.78, 5) is 2.59. The van der Waals surface area contributed by atoms with Crippen molar-refractivity contribution in [3.63, 3.8) is 0 Å². The van der Waals surface area contributed by atoms with Crippen LogP contribution < -0.4 is 0 Å². The zero-order valence-corrected chi connectivity index (χ0v) is 12.9. The van der Waals surface area contributed by atoms with Gasteiger partial charge in [-0.05, 0) is 68.2 Å². The molecule has 2 aliphatic carbocycles. The number of benzene rings is 1. The normalized spacial score (nSPS) is 32.2. The molecule has 3 aliphatic rings. The van der Waals surface area contributed by atoms with Gasteiger partial charge in [-0.25, -0.2) is 0 Å². The quantitative estimate of drug-likeness (QED) is 0.850. The molecule has 0 aromatic heterocycles. The summed E-state index contributed by atoms with van der Waals surface area (Å²) in [7, 11) is 0. The summed E-state index contributed by atoms with van der Waals surface area (Å²) < 4.78 is 0. The van der Waals surface area contributed by atoms with E-state index in [1.807, 2.05) is 0 Å². The van der Waals surface area contributed by atoms with Crippen molar-refractivity contribution in [1.29, 1.82) is 0 Å². The van der Waals surface area contributed by atoms with Crippen LogP contribution in [0.2, 0.25) is 0 Å². The van der Waals surface area contributed by atoms with E-state index in [9.17, 15) is 5.11 Å². The number of aliphatic hydroxyl groups is 1. The van der Waals surface area contributed by atoms with Crippen LogP contribution in [0.5, 0.6) is 0 Å². The monoisotopic (exact) mass is 285 g/mol. The Morgan fingerprint density at radius 3 is 2.48 bits per heavy atom. The van der Waals surface area contributed by atoms with E-state index in [0.29, 0.717) is 11.5 Å². The van der Waals surface area contributed by atoms with E-state index >= 15 is 0 Å². The predicted molar refractivity (Wildman–Crippen MR) is 85.2 cm³/mol. The number of hydrogen-bond donors (Lipinski definition) is 1. The van der Waals surface area contributed by atoms with Crippen molar-refractivity contribution < 1.29 is 5.11 Å². The number of hydrogen-bond acceptors (Lipinski definition) is 2. The molecule has 1 aromatic carbocycles. The first-order valence-electron chi connectivity index (χ1n) is 8.77. The number of rotatable bonds is 1. The Morgan fingerprint density at radius 1 is 1.00 bits per heavy atom. The fraction of sp³-hybridized carbons (Fsp3) is 0.684. The maximum absolute atomic E-state index is 10.8. The molecule has 1 saturated heterocycles. The molecule has 114 valence electrons. The highest BCUT2D eigenvalue weighted by molar-refractivity contribution is 5.32. The van der Waals surface area contributed by atoms with Crippen LogP contribution in [0.3, 0.4) is 0 Å². The van der Waals surface area contributed by atoms with E-state index in [4.69, 9.17) is 0 Å². The standard InChI is InChI=1S/C19H27NO/c21-18-16-6-2-1-5-15(16)7-8-17(18)20-13-11-19(12-14-20)9-3-4-10-19/h1-2,5-6,17-18,21H,3-4,7-14H2. The van der Waals surface area contributed by atoms with Gasteiger partial charge in [0.2, 0.25) is 0 Å². The van der Waals surface area contributed by atoms with Crippen LogP contribution in [0.1, 0.15) is 62.2 Å². The van der Waals surface area contributed by atoms with Crippen LogP contribution >= 0.6 is 0 Å². The molecule has 2 nitrogen and oxygen atoms in total. The van der Waals surface area contributed by atoms with Gasteiger partial charge in [-0.15, -0.1) is 0 Å². The van der Waals surface area contributed by atoms with Gasteiger partial charge >= 0.3 is 0 Å². The first kappa shape index (κ1) is 13.8. The molecule has 2 atom stereocenters. The minimum absolute atomic E-state index is 0.285. The molecule has 1 aliphatic heterocycles. The van der Waals surface area contributed by atoms with Gasteiger partial charge in [0, 0.05) is 6.04 Å². The van der Waals surface area contributed by atoms with Gasteiger partial charge in [0.05, 0.1) is 6.10 Å². The summed E-state index contributed by atoms with van der Waals surface area (Å²) in [6.07, 6.45) is 10.5. The second-order valence-electron chi connectivity index (χ2n) is 7.49. The van der Waals surface area contributed by atoms with E-state index < -0.39 is 0 Å². The van der Waals surface area contributed by atoms with Gasteiger partial charge in [-0.1, -0.05) is 37.1 Å². The zero-order valence-electron chi connectivity index (χ0n) is 12.9. The van der Waals surface area contributed by atoms with E-state index in [-0.39, 0.29) is 6.10 Å². The van der Waals surface area contributed by atoms with Gasteiger partial charge < -0.3 is 5.11 Å².